The van der Waals surface area contributed by atoms with E-state index in [1.54, 1.807) is 18.1 Å². The molecule has 1 aliphatic carbocycles. The van der Waals surface area contributed by atoms with Gasteiger partial charge < -0.3 is 14.4 Å². The van der Waals surface area contributed by atoms with Crippen molar-refractivity contribution in [1.82, 2.24) is 24.1 Å². The number of aromatic nitrogens is 4. The molecule has 0 unspecified atom stereocenters. The first kappa shape index (κ1) is 18.6. The van der Waals surface area contributed by atoms with Crippen LogP contribution in [0.2, 0.25) is 0 Å². The summed E-state index contributed by atoms with van der Waals surface area (Å²) in [5.74, 6) is 2.55. The van der Waals surface area contributed by atoms with E-state index < -0.39 is 6.09 Å². The summed E-state index contributed by atoms with van der Waals surface area (Å²) in [7, 11) is 0. The third-order valence-electron chi connectivity index (χ3n) is 4.62. The van der Waals surface area contributed by atoms with Crippen molar-refractivity contribution in [1.29, 1.82) is 0 Å². The molecule has 0 radical (unpaired) electrons. The Balaban J connectivity index is 1.26. The monoisotopic (exact) mass is 423 g/mol. The van der Waals surface area contributed by atoms with E-state index >= 15 is 0 Å². The minimum atomic E-state index is -0.395. The zero-order valence-corrected chi connectivity index (χ0v) is 17.1. The van der Waals surface area contributed by atoms with E-state index in [4.69, 9.17) is 4.74 Å². The number of aromatic amines is 1. The van der Waals surface area contributed by atoms with Crippen LogP contribution in [-0.4, -0.2) is 36.3 Å². The molecule has 0 spiro atoms. The van der Waals surface area contributed by atoms with Crippen molar-refractivity contribution in [2.45, 2.75) is 37.3 Å². The Bertz CT molecular complexity index is 1080. The molecule has 3 aromatic rings. The molecule has 9 nitrogen and oxygen atoms in total. The molecule has 1 aliphatic heterocycles. The van der Waals surface area contributed by atoms with Crippen molar-refractivity contribution >= 4 is 35.4 Å². The van der Waals surface area contributed by atoms with Gasteiger partial charge in [-0.25, -0.2) is 9.78 Å². The molecule has 1 fully saturated rings. The number of rotatable bonds is 6. The van der Waals surface area contributed by atoms with Gasteiger partial charge in [0.1, 0.15) is 17.7 Å². The second-order valence-corrected chi connectivity index (χ2v) is 8.33. The molecule has 5 rings (SSSR count). The first-order valence-corrected chi connectivity index (χ1v) is 10.5. The summed E-state index contributed by atoms with van der Waals surface area (Å²) in [4.78, 5) is 17.3. The average Bonchev–Trinajstić information content (AvgIpc) is 3.22. The number of hydrogen-bond acceptors (Lipinski definition) is 7. The van der Waals surface area contributed by atoms with Crippen molar-refractivity contribution in [2.24, 2.45) is 0 Å². The van der Waals surface area contributed by atoms with Crippen molar-refractivity contribution in [2.75, 3.05) is 10.6 Å². The summed E-state index contributed by atoms with van der Waals surface area (Å²) < 4.78 is 9.33. The molecule has 3 heterocycles. The molecular formula is C20H21N7O2S. The molecule has 10 heteroatoms. The van der Waals surface area contributed by atoms with Crippen LogP contribution in [0, 0.1) is 6.92 Å². The van der Waals surface area contributed by atoms with Crippen LogP contribution in [0.5, 0.6) is 0 Å². The standard InChI is InChI=1S/C20H21N7O2S/c1-13-10-17(25-24-13)23-19-12-26(11-18-21-8-9-27(18)19)30-16-6-2-14(3-7-16)22-20(28)29-15-4-5-15/h2-3,6-10,12,15H,4-5,11H2,1H3,(H,22,28)(H2,23,24,25). The summed E-state index contributed by atoms with van der Waals surface area (Å²) in [5.41, 5.74) is 1.70. The highest BCUT2D eigenvalue weighted by atomic mass is 32.2. The largest absolute Gasteiger partial charge is 0.446 e. The number of amides is 1. The van der Waals surface area contributed by atoms with Crippen LogP contribution in [0.4, 0.5) is 16.3 Å². The van der Waals surface area contributed by atoms with Crippen LogP contribution in [0.25, 0.3) is 5.82 Å². The van der Waals surface area contributed by atoms with Crippen LogP contribution < -0.4 is 10.6 Å². The van der Waals surface area contributed by atoms with E-state index in [1.807, 2.05) is 54.2 Å². The fraction of sp³-hybridized carbons (Fsp3) is 0.250. The molecule has 2 aromatic heterocycles. The maximum atomic E-state index is 11.8. The van der Waals surface area contributed by atoms with Gasteiger partial charge >= 0.3 is 6.09 Å². The zero-order chi connectivity index (χ0) is 20.5. The maximum absolute atomic E-state index is 11.8. The number of fused-ring (bicyclic) bond motifs is 1. The van der Waals surface area contributed by atoms with E-state index in [0.29, 0.717) is 12.2 Å². The Morgan fingerprint density at radius 2 is 2.13 bits per heavy atom. The number of H-pyrrole nitrogens is 1. The molecule has 3 N–H and O–H groups in total. The topological polar surface area (TPSA) is 100 Å². The highest BCUT2D eigenvalue weighted by Crippen LogP contribution is 2.31. The smallest absolute Gasteiger partial charge is 0.411 e. The number of nitrogens with zero attached hydrogens (tertiary/aromatic N) is 4. The van der Waals surface area contributed by atoms with Gasteiger partial charge in [0.25, 0.3) is 0 Å². The molecule has 1 saturated carbocycles. The van der Waals surface area contributed by atoms with Crippen LogP contribution in [0.15, 0.2) is 53.8 Å². The van der Waals surface area contributed by atoms with Gasteiger partial charge in [0.2, 0.25) is 0 Å². The van der Waals surface area contributed by atoms with E-state index in [0.717, 1.165) is 40.9 Å². The highest BCUT2D eigenvalue weighted by molar-refractivity contribution is 7.97. The minimum absolute atomic E-state index is 0.0893. The van der Waals surface area contributed by atoms with Gasteiger partial charge in [-0.2, -0.15) is 5.10 Å². The quantitative estimate of drug-likeness (QED) is 0.515. The maximum Gasteiger partial charge on any atom is 0.411 e. The molecule has 2 aliphatic rings. The van der Waals surface area contributed by atoms with Crippen LogP contribution in [0.1, 0.15) is 24.4 Å². The molecule has 30 heavy (non-hydrogen) atoms. The number of nitrogens with one attached hydrogen (secondary N) is 3. The summed E-state index contributed by atoms with van der Waals surface area (Å²) in [6, 6.07) is 9.63. The van der Waals surface area contributed by atoms with Crippen molar-refractivity contribution < 1.29 is 9.53 Å². The summed E-state index contributed by atoms with van der Waals surface area (Å²) >= 11 is 1.59. The number of carbonyl (C=O) groups excluding carboxylic acids is 1. The van der Waals surface area contributed by atoms with Gasteiger partial charge in [-0.3, -0.25) is 15.0 Å². The number of anilines is 2. The third-order valence-corrected chi connectivity index (χ3v) is 5.58. The zero-order valence-electron chi connectivity index (χ0n) is 16.3. The molecule has 0 saturated heterocycles. The average molecular weight is 424 g/mol. The molecule has 1 aromatic carbocycles. The molecular weight excluding hydrogens is 402 g/mol. The molecule has 0 bridgehead atoms. The summed E-state index contributed by atoms with van der Waals surface area (Å²) in [5, 5.41) is 13.3. The normalized spacial score (nSPS) is 15.4. The van der Waals surface area contributed by atoms with Crippen LogP contribution in [-0.2, 0) is 11.3 Å². The number of aryl methyl sites for hydroxylation is 1. The first-order valence-electron chi connectivity index (χ1n) is 9.68. The lowest BCUT2D eigenvalue weighted by Crippen LogP contribution is -2.23. The number of benzene rings is 1. The minimum Gasteiger partial charge on any atom is -0.446 e. The van der Waals surface area contributed by atoms with E-state index in [-0.39, 0.29) is 6.10 Å². The first-order chi connectivity index (χ1) is 14.6. The van der Waals surface area contributed by atoms with Gasteiger partial charge in [0, 0.05) is 34.7 Å². The lowest BCUT2D eigenvalue weighted by molar-refractivity contribution is 0.154. The number of carbonyl (C=O) groups is 1. The molecule has 0 atom stereocenters. The van der Waals surface area contributed by atoms with Crippen LogP contribution in [0.3, 0.4) is 0 Å². The lowest BCUT2D eigenvalue weighted by atomic mass is 10.3. The van der Waals surface area contributed by atoms with Crippen molar-refractivity contribution in [3.8, 4) is 0 Å². The van der Waals surface area contributed by atoms with Crippen molar-refractivity contribution in [3.63, 3.8) is 0 Å². The van der Waals surface area contributed by atoms with Crippen molar-refractivity contribution in [3.05, 3.63) is 60.4 Å². The number of hydrogen-bond donors (Lipinski definition) is 3. The van der Waals surface area contributed by atoms with Crippen LogP contribution >= 0.6 is 11.9 Å². The lowest BCUT2D eigenvalue weighted by Gasteiger charge is -2.26. The van der Waals surface area contributed by atoms with E-state index in [2.05, 4.69) is 30.1 Å². The molecule has 1 amide bonds. The van der Waals surface area contributed by atoms with Gasteiger partial charge in [0.05, 0.1) is 12.7 Å². The second kappa shape index (κ2) is 7.79. The Kier molecular flexibility index (Phi) is 4.83. The van der Waals surface area contributed by atoms with E-state index in [9.17, 15) is 4.79 Å². The Morgan fingerprint density at radius 1 is 1.30 bits per heavy atom. The van der Waals surface area contributed by atoms with Gasteiger partial charge in [-0.05, 0) is 56.0 Å². The highest BCUT2D eigenvalue weighted by Gasteiger charge is 2.26. The number of ether oxygens (including phenoxy) is 1. The SMILES string of the molecule is Cc1cc(NC2=CN(Sc3ccc(NC(=O)OC4CC4)cc3)Cc3nccn32)n[nH]1. The Morgan fingerprint density at radius 3 is 2.87 bits per heavy atom. The van der Waals surface area contributed by atoms with Gasteiger partial charge in [0.15, 0.2) is 5.82 Å². The summed E-state index contributed by atoms with van der Waals surface area (Å²) in [6.07, 6.45) is 7.36. The summed E-state index contributed by atoms with van der Waals surface area (Å²) in [6.45, 7) is 2.62. The third kappa shape index (κ3) is 4.28. The van der Waals surface area contributed by atoms with Gasteiger partial charge in [-0.1, -0.05) is 0 Å². The van der Waals surface area contributed by atoms with E-state index in [1.165, 1.54) is 0 Å². The fourth-order valence-electron chi connectivity index (χ4n) is 3.04. The molecule has 154 valence electrons. The fourth-order valence-corrected chi connectivity index (χ4v) is 3.90. The Hall–Kier alpha value is -3.40. The number of imidazole rings is 1. The predicted molar refractivity (Wildman–Crippen MR) is 114 cm³/mol. The predicted octanol–water partition coefficient (Wildman–Crippen LogP) is 4.02. The van der Waals surface area contributed by atoms with Gasteiger partial charge in [-0.15, -0.1) is 0 Å². The Labute approximate surface area is 177 Å². The second-order valence-electron chi connectivity index (χ2n) is 7.21.